The molecule has 0 saturated heterocycles. The van der Waals surface area contributed by atoms with Crippen LogP contribution in [0.15, 0.2) is 71.9 Å². The van der Waals surface area contributed by atoms with Gasteiger partial charge >= 0.3 is 0 Å². The van der Waals surface area contributed by atoms with Gasteiger partial charge in [0.2, 0.25) is 5.91 Å². The van der Waals surface area contributed by atoms with E-state index in [9.17, 15) is 9.18 Å². The molecule has 4 rings (SSSR count). The number of benzene rings is 3. The number of anilines is 1. The van der Waals surface area contributed by atoms with Crippen LogP contribution in [0.2, 0.25) is 5.02 Å². The van der Waals surface area contributed by atoms with Crippen LogP contribution in [0.4, 0.5) is 10.1 Å². The first-order valence-corrected chi connectivity index (χ1v) is 11.8. The molecule has 1 amide bonds. The molecule has 0 spiro atoms. The van der Waals surface area contributed by atoms with E-state index in [0.717, 1.165) is 22.6 Å². The number of aromatic nitrogens is 3. The van der Waals surface area contributed by atoms with Crippen molar-refractivity contribution in [1.82, 2.24) is 14.8 Å². The van der Waals surface area contributed by atoms with Crippen molar-refractivity contribution in [1.29, 1.82) is 0 Å². The zero-order chi connectivity index (χ0) is 24.1. The SMILES string of the molecule is Cc1ccc(OCc2nnc(SCC(=O)Nc3ccc(F)c(Cl)c3)n2-c2ccc(C)cc2)cc1. The summed E-state index contributed by atoms with van der Waals surface area (Å²) in [5, 5.41) is 11.8. The molecule has 3 aromatic carbocycles. The second-order valence-electron chi connectivity index (χ2n) is 7.64. The molecule has 9 heteroatoms. The molecule has 0 saturated carbocycles. The second-order valence-corrected chi connectivity index (χ2v) is 8.99. The molecule has 4 aromatic rings. The molecule has 0 atom stereocenters. The highest BCUT2D eigenvalue weighted by atomic mass is 35.5. The van der Waals surface area contributed by atoms with Gasteiger partial charge in [0.25, 0.3) is 0 Å². The van der Waals surface area contributed by atoms with Crippen molar-refractivity contribution in [3.05, 3.63) is 94.5 Å². The number of nitrogens with zero attached hydrogens (tertiary/aromatic N) is 3. The Hall–Kier alpha value is -3.36. The molecule has 0 aliphatic carbocycles. The molecule has 0 unspecified atom stereocenters. The van der Waals surface area contributed by atoms with Gasteiger partial charge in [-0.2, -0.15) is 0 Å². The lowest BCUT2D eigenvalue weighted by Gasteiger charge is -2.12. The number of hydrogen-bond acceptors (Lipinski definition) is 5. The van der Waals surface area contributed by atoms with E-state index in [1.54, 1.807) is 0 Å². The molecule has 0 aliphatic rings. The number of rotatable bonds is 8. The summed E-state index contributed by atoms with van der Waals surface area (Å²) in [5.74, 6) is 0.607. The van der Waals surface area contributed by atoms with E-state index in [2.05, 4.69) is 15.5 Å². The fourth-order valence-corrected chi connectivity index (χ4v) is 4.08. The highest BCUT2D eigenvalue weighted by molar-refractivity contribution is 7.99. The largest absolute Gasteiger partial charge is 0.486 e. The Bertz CT molecular complexity index is 1290. The number of hydrogen-bond donors (Lipinski definition) is 1. The van der Waals surface area contributed by atoms with Crippen molar-refractivity contribution >= 4 is 35.0 Å². The number of carbonyl (C=O) groups is 1. The summed E-state index contributed by atoms with van der Waals surface area (Å²) in [4.78, 5) is 12.5. The number of halogens is 2. The molecule has 1 heterocycles. The quantitative estimate of drug-likeness (QED) is 0.303. The summed E-state index contributed by atoms with van der Waals surface area (Å²) in [6, 6.07) is 19.7. The van der Waals surface area contributed by atoms with Crippen LogP contribution in [-0.4, -0.2) is 26.4 Å². The van der Waals surface area contributed by atoms with Gasteiger partial charge in [0.1, 0.15) is 18.2 Å². The predicted molar refractivity (Wildman–Crippen MR) is 132 cm³/mol. The van der Waals surface area contributed by atoms with Crippen molar-refractivity contribution in [2.45, 2.75) is 25.6 Å². The molecular weight excluding hydrogens is 475 g/mol. The van der Waals surface area contributed by atoms with Crippen molar-refractivity contribution in [3.8, 4) is 11.4 Å². The van der Waals surface area contributed by atoms with Crippen molar-refractivity contribution in [2.24, 2.45) is 0 Å². The highest BCUT2D eigenvalue weighted by Crippen LogP contribution is 2.25. The van der Waals surface area contributed by atoms with E-state index in [1.807, 2.05) is 66.9 Å². The van der Waals surface area contributed by atoms with E-state index in [0.29, 0.717) is 16.7 Å². The zero-order valence-corrected chi connectivity index (χ0v) is 20.2. The molecule has 174 valence electrons. The fraction of sp³-hybridized carbons (Fsp3) is 0.160. The number of nitrogens with one attached hydrogen (secondary N) is 1. The van der Waals surface area contributed by atoms with Gasteiger partial charge in [0.15, 0.2) is 11.0 Å². The standard InChI is InChI=1S/C25H22ClFN4O2S/c1-16-3-8-19(9-4-16)31-23(14-33-20-10-5-17(2)6-11-20)29-30-25(31)34-15-24(32)28-18-7-12-22(27)21(26)13-18/h3-13H,14-15H2,1-2H3,(H,28,32). The third kappa shape index (κ3) is 5.95. The first-order valence-electron chi connectivity index (χ1n) is 10.5. The molecule has 34 heavy (non-hydrogen) atoms. The maximum absolute atomic E-state index is 13.4. The number of amides is 1. The van der Waals surface area contributed by atoms with Crippen LogP contribution in [0.1, 0.15) is 17.0 Å². The monoisotopic (exact) mass is 496 g/mol. The van der Waals surface area contributed by atoms with Gasteiger partial charge in [-0.25, -0.2) is 4.39 Å². The lowest BCUT2D eigenvalue weighted by Crippen LogP contribution is -2.15. The van der Waals surface area contributed by atoms with E-state index < -0.39 is 5.82 Å². The smallest absolute Gasteiger partial charge is 0.234 e. The van der Waals surface area contributed by atoms with Gasteiger partial charge in [-0.05, 0) is 56.3 Å². The Morgan fingerprint density at radius 1 is 1.03 bits per heavy atom. The first-order chi connectivity index (χ1) is 16.4. The summed E-state index contributed by atoms with van der Waals surface area (Å²) < 4.78 is 21.1. The molecule has 1 aromatic heterocycles. The van der Waals surface area contributed by atoms with Crippen LogP contribution in [0.3, 0.4) is 0 Å². The normalized spacial score (nSPS) is 10.8. The minimum atomic E-state index is -0.541. The summed E-state index contributed by atoms with van der Waals surface area (Å²) in [5.41, 5.74) is 3.56. The Labute approximate surface area is 206 Å². The summed E-state index contributed by atoms with van der Waals surface area (Å²) >= 11 is 7.03. The molecule has 0 aliphatic heterocycles. The minimum absolute atomic E-state index is 0.0530. The van der Waals surface area contributed by atoms with Crippen LogP contribution < -0.4 is 10.1 Å². The molecule has 6 nitrogen and oxygen atoms in total. The Kier molecular flexibility index (Phi) is 7.49. The van der Waals surface area contributed by atoms with Crippen molar-refractivity contribution in [2.75, 3.05) is 11.1 Å². The first kappa shape index (κ1) is 23.8. The van der Waals surface area contributed by atoms with Gasteiger partial charge in [0, 0.05) is 11.4 Å². The Morgan fingerprint density at radius 2 is 1.71 bits per heavy atom. The molecule has 0 bridgehead atoms. The number of ether oxygens (including phenoxy) is 1. The maximum atomic E-state index is 13.4. The fourth-order valence-electron chi connectivity index (χ4n) is 3.12. The van der Waals surface area contributed by atoms with Crippen molar-refractivity contribution in [3.63, 3.8) is 0 Å². The van der Waals surface area contributed by atoms with Crippen LogP contribution >= 0.6 is 23.4 Å². The number of thioether (sulfide) groups is 1. The van der Waals surface area contributed by atoms with Crippen LogP contribution in [0, 0.1) is 19.7 Å². The molecular formula is C25H22ClFN4O2S. The van der Waals surface area contributed by atoms with Gasteiger partial charge in [-0.1, -0.05) is 58.8 Å². The number of aryl methyl sites for hydroxylation is 2. The van der Waals surface area contributed by atoms with E-state index in [1.165, 1.54) is 30.0 Å². The number of carbonyl (C=O) groups excluding carboxylic acids is 1. The lowest BCUT2D eigenvalue weighted by atomic mass is 10.2. The van der Waals surface area contributed by atoms with Gasteiger partial charge in [-0.3, -0.25) is 9.36 Å². The third-order valence-electron chi connectivity index (χ3n) is 4.92. The maximum Gasteiger partial charge on any atom is 0.234 e. The summed E-state index contributed by atoms with van der Waals surface area (Å²) in [6.45, 7) is 4.24. The second kappa shape index (κ2) is 10.7. The Morgan fingerprint density at radius 3 is 2.38 bits per heavy atom. The summed E-state index contributed by atoms with van der Waals surface area (Å²) in [7, 11) is 0. The average molecular weight is 497 g/mol. The van der Waals surface area contributed by atoms with Crippen LogP contribution in [0.5, 0.6) is 5.75 Å². The third-order valence-corrected chi connectivity index (χ3v) is 6.14. The average Bonchev–Trinajstić information content (AvgIpc) is 3.23. The van der Waals surface area contributed by atoms with E-state index in [4.69, 9.17) is 16.3 Å². The zero-order valence-electron chi connectivity index (χ0n) is 18.6. The summed E-state index contributed by atoms with van der Waals surface area (Å²) in [6.07, 6.45) is 0. The van der Waals surface area contributed by atoms with Crippen molar-refractivity contribution < 1.29 is 13.9 Å². The topological polar surface area (TPSA) is 69.0 Å². The molecule has 0 fully saturated rings. The minimum Gasteiger partial charge on any atom is -0.486 e. The van der Waals surface area contributed by atoms with Gasteiger partial charge in [-0.15, -0.1) is 10.2 Å². The van der Waals surface area contributed by atoms with Crippen LogP contribution in [-0.2, 0) is 11.4 Å². The highest BCUT2D eigenvalue weighted by Gasteiger charge is 2.17. The Balaban J connectivity index is 1.50. The predicted octanol–water partition coefficient (Wildman–Crippen LogP) is 5.99. The van der Waals surface area contributed by atoms with Gasteiger partial charge in [0.05, 0.1) is 10.8 Å². The van der Waals surface area contributed by atoms with E-state index >= 15 is 0 Å². The van der Waals surface area contributed by atoms with Gasteiger partial charge < -0.3 is 10.1 Å². The lowest BCUT2D eigenvalue weighted by molar-refractivity contribution is -0.113. The molecule has 1 N–H and O–H groups in total. The van der Waals surface area contributed by atoms with Crippen LogP contribution in [0.25, 0.3) is 5.69 Å². The van der Waals surface area contributed by atoms with E-state index in [-0.39, 0.29) is 23.3 Å². The molecule has 0 radical (unpaired) electrons.